The van der Waals surface area contributed by atoms with Gasteiger partial charge in [0.25, 0.3) is 0 Å². The Morgan fingerprint density at radius 3 is 2.90 bits per heavy atom. The number of hydrogen-bond acceptors (Lipinski definition) is 3. The van der Waals surface area contributed by atoms with Gasteiger partial charge < -0.3 is 15.4 Å². The number of pyridine rings is 1. The molecule has 20 heavy (non-hydrogen) atoms. The summed E-state index contributed by atoms with van der Waals surface area (Å²) in [7, 11) is 0. The van der Waals surface area contributed by atoms with Gasteiger partial charge in [-0.15, -0.1) is 0 Å². The molecular weight excluding hydrogens is 254 g/mol. The summed E-state index contributed by atoms with van der Waals surface area (Å²) in [5, 5.41) is 5.70. The molecule has 0 aliphatic carbocycles. The highest BCUT2D eigenvalue weighted by atomic mass is 16.5. The van der Waals surface area contributed by atoms with Gasteiger partial charge >= 0.3 is 6.03 Å². The van der Waals surface area contributed by atoms with Gasteiger partial charge in [-0.1, -0.05) is 0 Å². The van der Waals surface area contributed by atoms with Crippen LogP contribution in [0.4, 0.5) is 4.79 Å². The Morgan fingerprint density at radius 2 is 2.15 bits per heavy atom. The van der Waals surface area contributed by atoms with Crippen molar-refractivity contribution in [1.82, 2.24) is 15.6 Å². The van der Waals surface area contributed by atoms with Crippen molar-refractivity contribution in [3.8, 4) is 0 Å². The minimum absolute atomic E-state index is 0.119. The highest BCUT2D eigenvalue weighted by Gasteiger charge is 2.12. The number of nitrogens with zero attached hydrogens (tertiary/aromatic N) is 1. The molecule has 5 nitrogen and oxygen atoms in total. The second-order valence-corrected chi connectivity index (χ2v) is 5.10. The van der Waals surface area contributed by atoms with Crippen LogP contribution in [0, 0.1) is 0 Å². The number of amides is 2. The van der Waals surface area contributed by atoms with Crippen LogP contribution in [-0.4, -0.2) is 30.3 Å². The lowest BCUT2D eigenvalue weighted by Crippen LogP contribution is -2.35. The van der Waals surface area contributed by atoms with Crippen molar-refractivity contribution in [2.75, 3.05) is 13.2 Å². The number of hydrogen-bond donors (Lipinski definition) is 2. The van der Waals surface area contributed by atoms with Gasteiger partial charge in [0.2, 0.25) is 0 Å². The molecule has 0 spiro atoms. The van der Waals surface area contributed by atoms with E-state index in [2.05, 4.69) is 15.6 Å². The first-order valence-corrected chi connectivity index (χ1v) is 7.37. The van der Waals surface area contributed by atoms with Gasteiger partial charge in [0.05, 0.1) is 6.10 Å². The Hall–Kier alpha value is -1.62. The lowest BCUT2D eigenvalue weighted by molar-refractivity contribution is 0.0103. The summed E-state index contributed by atoms with van der Waals surface area (Å²) < 4.78 is 5.66. The molecule has 0 aromatic carbocycles. The third kappa shape index (κ3) is 5.57. The molecule has 2 rings (SSSR count). The predicted molar refractivity (Wildman–Crippen MR) is 77.3 cm³/mol. The number of rotatable bonds is 6. The van der Waals surface area contributed by atoms with Crippen LogP contribution in [-0.2, 0) is 11.3 Å². The number of aromatic nitrogens is 1. The van der Waals surface area contributed by atoms with Crippen molar-refractivity contribution in [3.63, 3.8) is 0 Å². The van der Waals surface area contributed by atoms with Crippen LogP contribution in [0.5, 0.6) is 0 Å². The summed E-state index contributed by atoms with van der Waals surface area (Å²) in [5.74, 6) is 0. The molecule has 1 fully saturated rings. The van der Waals surface area contributed by atoms with Gasteiger partial charge in [-0.3, -0.25) is 4.98 Å². The van der Waals surface area contributed by atoms with E-state index in [-0.39, 0.29) is 6.03 Å². The zero-order valence-corrected chi connectivity index (χ0v) is 11.8. The van der Waals surface area contributed by atoms with Crippen LogP contribution >= 0.6 is 0 Å². The first-order chi connectivity index (χ1) is 9.84. The SMILES string of the molecule is O=C(NCCCC1CCCCO1)NCc1ccncc1. The number of nitrogens with one attached hydrogen (secondary N) is 2. The van der Waals surface area contributed by atoms with Crippen LogP contribution in [0.3, 0.4) is 0 Å². The van der Waals surface area contributed by atoms with E-state index in [0.29, 0.717) is 19.2 Å². The Bertz CT molecular complexity index is 391. The molecule has 1 atom stereocenters. The summed E-state index contributed by atoms with van der Waals surface area (Å²) in [4.78, 5) is 15.5. The zero-order chi connectivity index (χ0) is 14.0. The average Bonchev–Trinajstić information content (AvgIpc) is 2.52. The predicted octanol–water partition coefficient (Wildman–Crippen LogP) is 2.23. The summed E-state index contributed by atoms with van der Waals surface area (Å²) >= 11 is 0. The van der Waals surface area contributed by atoms with Gasteiger partial charge in [-0.05, 0) is 49.8 Å². The maximum absolute atomic E-state index is 11.6. The molecule has 1 aromatic rings. The maximum Gasteiger partial charge on any atom is 0.315 e. The number of urea groups is 1. The lowest BCUT2D eigenvalue weighted by atomic mass is 10.0. The minimum Gasteiger partial charge on any atom is -0.378 e. The maximum atomic E-state index is 11.6. The third-order valence-electron chi connectivity index (χ3n) is 3.46. The van der Waals surface area contributed by atoms with E-state index in [1.807, 2.05) is 12.1 Å². The normalized spacial score (nSPS) is 18.5. The first-order valence-electron chi connectivity index (χ1n) is 7.37. The number of ether oxygens (including phenoxy) is 1. The van der Waals surface area contributed by atoms with Crippen LogP contribution < -0.4 is 10.6 Å². The molecule has 1 aliphatic heterocycles. The van der Waals surface area contributed by atoms with Gasteiger partial charge in [0.1, 0.15) is 0 Å². The average molecular weight is 277 g/mol. The van der Waals surface area contributed by atoms with Crippen LogP contribution in [0.25, 0.3) is 0 Å². The van der Waals surface area contributed by atoms with Crippen molar-refractivity contribution >= 4 is 6.03 Å². The largest absolute Gasteiger partial charge is 0.378 e. The van der Waals surface area contributed by atoms with Crippen molar-refractivity contribution in [2.45, 2.75) is 44.8 Å². The molecule has 1 aromatic heterocycles. The van der Waals surface area contributed by atoms with Crippen molar-refractivity contribution in [2.24, 2.45) is 0 Å². The fourth-order valence-corrected chi connectivity index (χ4v) is 2.31. The molecular formula is C15H23N3O2. The van der Waals surface area contributed by atoms with Crippen LogP contribution in [0.2, 0.25) is 0 Å². The van der Waals surface area contributed by atoms with E-state index in [9.17, 15) is 4.79 Å². The van der Waals surface area contributed by atoms with E-state index in [1.165, 1.54) is 12.8 Å². The molecule has 0 saturated carbocycles. The van der Waals surface area contributed by atoms with Gasteiger partial charge in [0.15, 0.2) is 0 Å². The lowest BCUT2D eigenvalue weighted by Gasteiger charge is -2.22. The second-order valence-electron chi connectivity index (χ2n) is 5.10. The molecule has 1 aliphatic rings. The van der Waals surface area contributed by atoms with E-state index in [1.54, 1.807) is 12.4 Å². The topological polar surface area (TPSA) is 63.2 Å². The Labute approximate surface area is 120 Å². The standard InChI is InChI=1S/C15H23N3O2/c19-15(18-12-13-6-9-16-10-7-13)17-8-3-5-14-4-1-2-11-20-14/h6-7,9-10,14H,1-5,8,11-12H2,(H2,17,18,19). The molecule has 2 amide bonds. The molecule has 1 unspecified atom stereocenters. The van der Waals surface area contributed by atoms with Crippen molar-refractivity contribution < 1.29 is 9.53 Å². The molecule has 0 radical (unpaired) electrons. The molecule has 5 heteroatoms. The molecule has 110 valence electrons. The van der Waals surface area contributed by atoms with E-state index >= 15 is 0 Å². The van der Waals surface area contributed by atoms with Gasteiger partial charge in [-0.2, -0.15) is 0 Å². The molecule has 1 saturated heterocycles. The highest BCUT2D eigenvalue weighted by Crippen LogP contribution is 2.16. The Morgan fingerprint density at radius 1 is 1.30 bits per heavy atom. The number of carbonyl (C=O) groups excluding carboxylic acids is 1. The van der Waals surface area contributed by atoms with E-state index in [0.717, 1.165) is 31.4 Å². The van der Waals surface area contributed by atoms with Crippen LogP contribution in [0.15, 0.2) is 24.5 Å². The Balaban J connectivity index is 1.51. The first kappa shape index (κ1) is 14.8. The summed E-state index contributed by atoms with van der Waals surface area (Å²) in [6, 6.07) is 3.66. The third-order valence-corrected chi connectivity index (χ3v) is 3.46. The summed E-state index contributed by atoms with van der Waals surface area (Å²) in [6.07, 6.45) is 9.45. The van der Waals surface area contributed by atoms with Gasteiger partial charge in [-0.25, -0.2) is 4.79 Å². The fourth-order valence-electron chi connectivity index (χ4n) is 2.31. The fraction of sp³-hybridized carbons (Fsp3) is 0.600. The zero-order valence-electron chi connectivity index (χ0n) is 11.8. The Kier molecular flexibility index (Phi) is 6.31. The molecule has 0 bridgehead atoms. The summed E-state index contributed by atoms with van der Waals surface area (Å²) in [5.41, 5.74) is 1.05. The summed E-state index contributed by atoms with van der Waals surface area (Å²) in [6.45, 7) is 2.12. The number of carbonyl (C=O) groups is 1. The second kappa shape index (κ2) is 8.53. The quantitative estimate of drug-likeness (QED) is 0.784. The van der Waals surface area contributed by atoms with Crippen molar-refractivity contribution in [3.05, 3.63) is 30.1 Å². The van der Waals surface area contributed by atoms with Gasteiger partial charge in [0, 0.05) is 32.1 Å². The highest BCUT2D eigenvalue weighted by molar-refractivity contribution is 5.73. The van der Waals surface area contributed by atoms with Crippen molar-refractivity contribution in [1.29, 1.82) is 0 Å². The molecule has 2 N–H and O–H groups in total. The van der Waals surface area contributed by atoms with E-state index < -0.39 is 0 Å². The minimum atomic E-state index is -0.119. The van der Waals surface area contributed by atoms with E-state index in [4.69, 9.17) is 4.74 Å². The monoisotopic (exact) mass is 277 g/mol. The smallest absolute Gasteiger partial charge is 0.315 e. The molecule has 2 heterocycles. The van der Waals surface area contributed by atoms with Crippen LogP contribution in [0.1, 0.15) is 37.7 Å².